The topological polar surface area (TPSA) is 25.2 Å². The molecule has 1 heterocycles. The third-order valence-corrected chi connectivity index (χ3v) is 3.86. The first-order valence-electron chi connectivity index (χ1n) is 6.94. The number of nitrogens with zero attached hydrogens (tertiary/aromatic N) is 1. The van der Waals surface area contributed by atoms with E-state index in [0.717, 1.165) is 24.1 Å². The van der Waals surface area contributed by atoms with E-state index in [1.807, 2.05) is 30.3 Å². The molecular weight excluding hydrogens is 257 g/mol. The van der Waals surface area contributed by atoms with Crippen LogP contribution in [0.5, 0.6) is 0 Å². The molecule has 1 radical (unpaired) electrons. The van der Waals surface area contributed by atoms with Gasteiger partial charge in [-0.3, -0.25) is 0 Å². The smallest absolute Gasteiger partial charge is 0.326 e. The van der Waals surface area contributed by atoms with Gasteiger partial charge in [-0.15, -0.1) is 0 Å². The van der Waals surface area contributed by atoms with E-state index in [1.54, 1.807) is 0 Å². The first-order valence-corrected chi connectivity index (χ1v) is 6.94. The second-order valence-corrected chi connectivity index (χ2v) is 5.09. The van der Waals surface area contributed by atoms with Gasteiger partial charge in [0.05, 0.1) is 11.0 Å². The van der Waals surface area contributed by atoms with Gasteiger partial charge in [0.15, 0.2) is 0 Å². The fourth-order valence-electron chi connectivity index (χ4n) is 2.92. The number of aromatic nitrogens is 1. The van der Waals surface area contributed by atoms with Crippen LogP contribution in [0.1, 0.15) is 0 Å². The Bertz CT molecular complexity index is 928. The van der Waals surface area contributed by atoms with E-state index in [0.29, 0.717) is 0 Å². The number of fused-ring (bicyclic) bond motifs is 3. The number of hydrogen-bond donors (Lipinski definition) is 1. The predicted octanol–water partition coefficient (Wildman–Crippen LogP) is 3.02. The van der Waals surface area contributed by atoms with Crippen molar-refractivity contribution >= 4 is 34.8 Å². The first kappa shape index (κ1) is 12.2. The van der Waals surface area contributed by atoms with Crippen LogP contribution >= 0.6 is 0 Å². The summed E-state index contributed by atoms with van der Waals surface area (Å²) in [6, 6.07) is 24.7. The minimum atomic E-state index is 0.808. The van der Waals surface area contributed by atoms with Gasteiger partial charge in [-0.2, -0.15) is 0 Å². The van der Waals surface area contributed by atoms with Crippen molar-refractivity contribution < 1.29 is 5.02 Å². The Labute approximate surface area is 123 Å². The first-order chi connectivity index (χ1) is 10.4. The van der Waals surface area contributed by atoms with E-state index < -0.39 is 0 Å². The summed E-state index contributed by atoms with van der Waals surface area (Å²) in [5.74, 6) is 0. The van der Waals surface area contributed by atoms with Crippen molar-refractivity contribution in [3.63, 3.8) is 0 Å². The molecule has 3 aromatic carbocycles. The molecule has 0 saturated carbocycles. The predicted molar refractivity (Wildman–Crippen MR) is 88.4 cm³/mol. The van der Waals surface area contributed by atoms with Gasteiger partial charge in [0.2, 0.25) is 0 Å². The maximum absolute atomic E-state index is 9.30. The summed E-state index contributed by atoms with van der Waals surface area (Å²) < 4.78 is 2.23. The summed E-state index contributed by atoms with van der Waals surface area (Å²) in [5.41, 5.74) is 4.21. The Morgan fingerprint density at radius 2 is 1.43 bits per heavy atom. The van der Waals surface area contributed by atoms with Gasteiger partial charge in [0.1, 0.15) is 0 Å². The van der Waals surface area contributed by atoms with E-state index in [9.17, 15) is 5.02 Å². The summed E-state index contributed by atoms with van der Waals surface area (Å²) in [6.07, 6.45) is 0. The molecule has 0 aliphatic rings. The van der Waals surface area contributed by atoms with Gasteiger partial charge in [-0.1, -0.05) is 54.0 Å². The fourth-order valence-corrected chi connectivity index (χ4v) is 2.92. The number of benzene rings is 3. The highest BCUT2D eigenvalue weighted by atomic mass is 16.2. The number of rotatable bonds is 2. The number of para-hydroxylation sites is 2. The Kier molecular flexibility index (Phi) is 2.79. The fraction of sp³-hybridized carbons (Fsp3) is 0. The largest absolute Gasteiger partial charge is 0.450 e. The normalized spacial score (nSPS) is 11.1. The molecule has 0 saturated heterocycles. The molecule has 3 heteroatoms. The minimum absolute atomic E-state index is 0.808. The highest BCUT2D eigenvalue weighted by Crippen LogP contribution is 2.30. The molecule has 0 aliphatic carbocycles. The Morgan fingerprint density at radius 1 is 0.714 bits per heavy atom. The van der Waals surface area contributed by atoms with Crippen molar-refractivity contribution in [1.82, 2.24) is 4.57 Å². The molecule has 0 aliphatic heterocycles. The highest BCUT2D eigenvalue weighted by molar-refractivity contribution is 6.46. The SMILES string of the molecule is O[B]c1ccc2c3ccccc3n(-c3ccccc3)c2c1. The lowest BCUT2D eigenvalue weighted by molar-refractivity contribution is 0.615. The van der Waals surface area contributed by atoms with Crippen molar-refractivity contribution in [2.45, 2.75) is 0 Å². The van der Waals surface area contributed by atoms with Crippen molar-refractivity contribution in [2.75, 3.05) is 0 Å². The van der Waals surface area contributed by atoms with Gasteiger partial charge in [0, 0.05) is 16.5 Å². The lowest BCUT2D eigenvalue weighted by Gasteiger charge is -2.07. The van der Waals surface area contributed by atoms with Gasteiger partial charge in [0.25, 0.3) is 0 Å². The standard InChI is InChI=1S/C18H13BNO/c21-19-13-10-11-16-15-8-4-5-9-17(15)20(18(16)12-13)14-6-2-1-3-7-14/h1-12,21H. The van der Waals surface area contributed by atoms with Crippen LogP contribution in [0.15, 0.2) is 72.8 Å². The van der Waals surface area contributed by atoms with Gasteiger partial charge >= 0.3 is 7.48 Å². The minimum Gasteiger partial charge on any atom is -0.450 e. The van der Waals surface area contributed by atoms with Crippen molar-refractivity contribution in [3.05, 3.63) is 72.8 Å². The van der Waals surface area contributed by atoms with Crippen molar-refractivity contribution in [1.29, 1.82) is 0 Å². The summed E-state index contributed by atoms with van der Waals surface area (Å²) in [7, 11) is 1.15. The van der Waals surface area contributed by atoms with Crippen LogP contribution < -0.4 is 5.46 Å². The molecule has 99 valence electrons. The summed E-state index contributed by atoms with van der Waals surface area (Å²) in [4.78, 5) is 0. The van der Waals surface area contributed by atoms with E-state index in [2.05, 4.69) is 47.0 Å². The molecule has 4 aromatic rings. The van der Waals surface area contributed by atoms with E-state index in [-0.39, 0.29) is 0 Å². The summed E-state index contributed by atoms with van der Waals surface area (Å²) in [5, 5.41) is 11.7. The third-order valence-electron chi connectivity index (χ3n) is 3.86. The van der Waals surface area contributed by atoms with Crippen LogP contribution in [-0.4, -0.2) is 17.1 Å². The lowest BCUT2D eigenvalue weighted by atomic mass is 9.88. The van der Waals surface area contributed by atoms with Gasteiger partial charge in [-0.25, -0.2) is 0 Å². The third kappa shape index (κ3) is 1.86. The second-order valence-electron chi connectivity index (χ2n) is 5.09. The quantitative estimate of drug-likeness (QED) is 0.556. The van der Waals surface area contributed by atoms with Gasteiger partial charge in [-0.05, 0) is 24.3 Å². The molecule has 0 amide bonds. The number of hydrogen-bond acceptors (Lipinski definition) is 1. The van der Waals surface area contributed by atoms with Crippen LogP contribution in [0.4, 0.5) is 0 Å². The molecule has 1 aromatic heterocycles. The Morgan fingerprint density at radius 3 is 2.24 bits per heavy atom. The van der Waals surface area contributed by atoms with E-state index in [4.69, 9.17) is 0 Å². The van der Waals surface area contributed by atoms with Gasteiger partial charge < -0.3 is 9.59 Å². The Balaban J connectivity index is 2.19. The molecule has 0 fully saturated rings. The monoisotopic (exact) mass is 270 g/mol. The lowest BCUT2D eigenvalue weighted by Crippen LogP contribution is -2.12. The summed E-state index contributed by atoms with van der Waals surface area (Å²) in [6.45, 7) is 0. The zero-order valence-electron chi connectivity index (χ0n) is 11.4. The molecule has 0 atom stereocenters. The van der Waals surface area contributed by atoms with Crippen molar-refractivity contribution in [2.24, 2.45) is 0 Å². The average Bonchev–Trinajstić information content (AvgIpc) is 2.89. The molecule has 1 N–H and O–H groups in total. The zero-order valence-corrected chi connectivity index (χ0v) is 11.4. The van der Waals surface area contributed by atoms with Crippen LogP contribution in [0.2, 0.25) is 0 Å². The van der Waals surface area contributed by atoms with Crippen LogP contribution in [0.25, 0.3) is 27.5 Å². The maximum Gasteiger partial charge on any atom is 0.326 e. The van der Waals surface area contributed by atoms with E-state index >= 15 is 0 Å². The van der Waals surface area contributed by atoms with E-state index in [1.165, 1.54) is 16.3 Å². The molecule has 0 unspecified atom stereocenters. The molecule has 0 spiro atoms. The van der Waals surface area contributed by atoms with Crippen LogP contribution in [-0.2, 0) is 0 Å². The molecule has 21 heavy (non-hydrogen) atoms. The molecule has 2 nitrogen and oxygen atoms in total. The van der Waals surface area contributed by atoms with Crippen molar-refractivity contribution in [3.8, 4) is 5.69 Å². The maximum atomic E-state index is 9.30. The molecular formula is C18H13BNO. The molecule has 0 bridgehead atoms. The van der Waals surface area contributed by atoms with Crippen LogP contribution in [0.3, 0.4) is 0 Å². The average molecular weight is 270 g/mol. The zero-order chi connectivity index (χ0) is 14.2. The second kappa shape index (κ2) is 4.79. The van der Waals surface area contributed by atoms with Crippen LogP contribution in [0, 0.1) is 0 Å². The molecule has 4 rings (SSSR count). The highest BCUT2D eigenvalue weighted by Gasteiger charge is 2.12. The Hall–Kier alpha value is -2.52. The summed E-state index contributed by atoms with van der Waals surface area (Å²) >= 11 is 0.